The van der Waals surface area contributed by atoms with E-state index < -0.39 is 0 Å². The highest BCUT2D eigenvalue weighted by molar-refractivity contribution is 6.17. The van der Waals surface area contributed by atoms with Gasteiger partial charge in [0.25, 0.3) is 0 Å². The van der Waals surface area contributed by atoms with E-state index in [9.17, 15) is 0 Å². The topological polar surface area (TPSA) is 83.0 Å². The summed E-state index contributed by atoms with van der Waals surface area (Å²) in [6, 6.07) is 66.8. The van der Waals surface area contributed by atoms with Crippen molar-refractivity contribution in [2.45, 2.75) is 0 Å². The van der Waals surface area contributed by atoms with E-state index in [2.05, 4.69) is 120 Å². The van der Waals surface area contributed by atoms with E-state index in [4.69, 9.17) is 28.2 Å². The summed E-state index contributed by atoms with van der Waals surface area (Å²) in [5.74, 6) is 1.67. The van der Waals surface area contributed by atoms with Gasteiger partial charge in [0.15, 0.2) is 17.5 Å². The molecule has 0 fully saturated rings. The molecule has 0 aliphatic carbocycles. The highest BCUT2D eigenvalue weighted by Crippen LogP contribution is 2.44. The Morgan fingerprint density at radius 2 is 0.859 bits per heavy atom. The second-order valence-electron chi connectivity index (χ2n) is 16.3. The second-order valence-corrected chi connectivity index (χ2v) is 16.3. The van der Waals surface area contributed by atoms with Crippen LogP contribution in [0.2, 0.25) is 0 Å². The minimum Gasteiger partial charge on any atom is -0.456 e. The lowest BCUT2D eigenvalue weighted by Crippen LogP contribution is -2.00. The molecule has 0 amide bonds. The van der Waals surface area contributed by atoms with Crippen LogP contribution in [0.4, 0.5) is 0 Å². The first-order valence-electron chi connectivity index (χ1n) is 21.3. The second kappa shape index (κ2) is 13.3. The van der Waals surface area contributed by atoms with Crippen molar-refractivity contribution in [3.8, 4) is 51.0 Å². The lowest BCUT2D eigenvalue weighted by atomic mass is 9.96. The summed E-state index contributed by atoms with van der Waals surface area (Å²) in [4.78, 5) is 15.4. The fourth-order valence-electron chi connectivity index (χ4n) is 9.78. The number of nitrogens with zero attached hydrogens (tertiary/aromatic N) is 4. The molecule has 0 radical (unpaired) electrons. The van der Waals surface area contributed by atoms with E-state index >= 15 is 0 Å². The standard InChI is InChI=1S/C57H32N4O3/c1-2-13-33(14-3-1)55-58-56(35-25-27-40-39-17-6-10-22-47(39)63-51(40)30-35)60-57(59-55)42-19-12-24-50-54(42)44-29-34(26-28-49(44)62-50)43-31-36(32-52-53(43)41-18-7-11-23-48(41)64-52)61-45-20-8-4-15-37(45)38-16-5-9-21-46(38)61/h1-32H. The number of rotatable bonds is 5. The van der Waals surface area contributed by atoms with Gasteiger partial charge in [-0.25, -0.2) is 15.0 Å². The molecule has 14 aromatic rings. The van der Waals surface area contributed by atoms with Gasteiger partial charge in [0.05, 0.1) is 16.7 Å². The Morgan fingerprint density at radius 3 is 1.66 bits per heavy atom. The zero-order chi connectivity index (χ0) is 41.9. The van der Waals surface area contributed by atoms with Crippen LogP contribution in [0.1, 0.15) is 0 Å². The van der Waals surface area contributed by atoms with E-state index in [-0.39, 0.29) is 0 Å². The van der Waals surface area contributed by atoms with Gasteiger partial charge in [0.1, 0.15) is 33.5 Å². The zero-order valence-electron chi connectivity index (χ0n) is 34.0. The molecule has 0 aliphatic heterocycles. The van der Waals surface area contributed by atoms with Crippen molar-refractivity contribution in [3.63, 3.8) is 0 Å². The number of fused-ring (bicyclic) bond motifs is 12. The number of hydrogen-bond acceptors (Lipinski definition) is 6. The fraction of sp³-hybridized carbons (Fsp3) is 0. The van der Waals surface area contributed by atoms with E-state index in [1.54, 1.807) is 0 Å². The highest BCUT2D eigenvalue weighted by Gasteiger charge is 2.22. The third-order valence-electron chi connectivity index (χ3n) is 12.7. The Balaban J connectivity index is 0.997. The Labute approximate surface area is 364 Å². The highest BCUT2D eigenvalue weighted by atomic mass is 16.3. The first kappa shape index (κ1) is 34.9. The van der Waals surface area contributed by atoms with Gasteiger partial charge < -0.3 is 17.8 Å². The molecule has 0 atom stereocenters. The summed E-state index contributed by atoms with van der Waals surface area (Å²) in [6.07, 6.45) is 0. The Morgan fingerprint density at radius 1 is 0.297 bits per heavy atom. The van der Waals surface area contributed by atoms with Gasteiger partial charge in [-0.15, -0.1) is 0 Å². The molecule has 7 heteroatoms. The zero-order valence-corrected chi connectivity index (χ0v) is 34.0. The monoisotopic (exact) mass is 820 g/mol. The third kappa shape index (κ3) is 5.18. The first-order chi connectivity index (χ1) is 31.7. The fourth-order valence-corrected chi connectivity index (χ4v) is 9.78. The third-order valence-corrected chi connectivity index (χ3v) is 12.7. The molecule has 9 aromatic carbocycles. The van der Waals surface area contributed by atoms with Crippen molar-refractivity contribution in [2.75, 3.05) is 0 Å². The SMILES string of the molecule is c1ccc(-c2nc(-c3ccc4c(c3)oc3ccccc34)nc(-c3cccc4oc5ccc(-c6cc(-n7c8ccccc8c8ccccc87)cc7oc8ccccc8c67)cc5c34)n2)cc1. The Bertz CT molecular complexity index is 4160. The van der Waals surface area contributed by atoms with Gasteiger partial charge in [-0.2, -0.15) is 0 Å². The van der Waals surface area contributed by atoms with Crippen LogP contribution in [0, 0.1) is 0 Å². The number of hydrogen-bond donors (Lipinski definition) is 0. The average molecular weight is 821 g/mol. The minimum atomic E-state index is 0.545. The normalized spacial score (nSPS) is 12.1. The lowest BCUT2D eigenvalue weighted by Gasteiger charge is -2.12. The molecule has 5 heterocycles. The molecule has 14 rings (SSSR count). The van der Waals surface area contributed by atoms with Gasteiger partial charge in [-0.3, -0.25) is 0 Å². The maximum Gasteiger partial charge on any atom is 0.164 e. The smallest absolute Gasteiger partial charge is 0.164 e. The maximum absolute atomic E-state index is 6.67. The number of furan rings is 3. The molecule has 0 bridgehead atoms. The lowest BCUT2D eigenvalue weighted by molar-refractivity contribution is 0.668. The van der Waals surface area contributed by atoms with Crippen molar-refractivity contribution in [1.82, 2.24) is 19.5 Å². The van der Waals surface area contributed by atoms with Crippen LogP contribution in [0.5, 0.6) is 0 Å². The summed E-state index contributed by atoms with van der Waals surface area (Å²) in [5.41, 5.74) is 12.7. The molecule has 0 saturated heterocycles. The summed E-state index contributed by atoms with van der Waals surface area (Å²) >= 11 is 0. The summed E-state index contributed by atoms with van der Waals surface area (Å²) in [7, 11) is 0. The molecule has 0 unspecified atom stereocenters. The van der Waals surface area contributed by atoms with Crippen LogP contribution in [0.15, 0.2) is 207 Å². The van der Waals surface area contributed by atoms with Crippen molar-refractivity contribution in [3.05, 3.63) is 194 Å². The van der Waals surface area contributed by atoms with Crippen LogP contribution in [0.25, 0.3) is 139 Å². The van der Waals surface area contributed by atoms with E-state index in [1.807, 2.05) is 78.9 Å². The van der Waals surface area contributed by atoms with E-state index in [0.29, 0.717) is 17.5 Å². The Kier molecular flexibility index (Phi) is 7.27. The first-order valence-corrected chi connectivity index (χ1v) is 21.3. The molecule has 298 valence electrons. The molecule has 64 heavy (non-hydrogen) atoms. The molecule has 5 aromatic heterocycles. The summed E-state index contributed by atoms with van der Waals surface area (Å²) in [6.45, 7) is 0. The molecule has 0 aliphatic rings. The number of benzene rings is 9. The van der Waals surface area contributed by atoms with Crippen molar-refractivity contribution in [1.29, 1.82) is 0 Å². The number of aromatic nitrogens is 4. The molecule has 7 nitrogen and oxygen atoms in total. The van der Waals surface area contributed by atoms with Crippen LogP contribution >= 0.6 is 0 Å². The van der Waals surface area contributed by atoms with Gasteiger partial charge in [0, 0.05) is 65.8 Å². The van der Waals surface area contributed by atoms with Gasteiger partial charge in [-0.1, -0.05) is 127 Å². The summed E-state index contributed by atoms with van der Waals surface area (Å²) in [5, 5.41) is 8.53. The predicted molar refractivity (Wildman–Crippen MR) is 258 cm³/mol. The molecule has 0 N–H and O–H groups in total. The van der Waals surface area contributed by atoms with Crippen molar-refractivity contribution < 1.29 is 13.3 Å². The van der Waals surface area contributed by atoms with Gasteiger partial charge in [0.2, 0.25) is 0 Å². The molecular weight excluding hydrogens is 789 g/mol. The van der Waals surface area contributed by atoms with Crippen LogP contribution in [-0.4, -0.2) is 19.5 Å². The molecule has 0 saturated carbocycles. The quantitative estimate of drug-likeness (QED) is 0.172. The van der Waals surface area contributed by atoms with E-state index in [0.717, 1.165) is 110 Å². The largest absolute Gasteiger partial charge is 0.456 e. The van der Waals surface area contributed by atoms with Crippen LogP contribution in [0.3, 0.4) is 0 Å². The van der Waals surface area contributed by atoms with Crippen LogP contribution in [-0.2, 0) is 0 Å². The minimum absolute atomic E-state index is 0.545. The Hall–Kier alpha value is -8.81. The van der Waals surface area contributed by atoms with Gasteiger partial charge in [-0.05, 0) is 71.8 Å². The summed E-state index contributed by atoms with van der Waals surface area (Å²) < 4.78 is 22.0. The average Bonchev–Trinajstić information content (AvgIpc) is 4.12. The maximum atomic E-state index is 6.67. The van der Waals surface area contributed by atoms with Gasteiger partial charge >= 0.3 is 0 Å². The predicted octanol–water partition coefficient (Wildman–Crippen LogP) is 15.3. The van der Waals surface area contributed by atoms with Crippen molar-refractivity contribution >= 4 is 87.6 Å². The molecular formula is C57H32N4O3. The van der Waals surface area contributed by atoms with E-state index in [1.165, 1.54) is 10.8 Å². The van der Waals surface area contributed by atoms with Crippen molar-refractivity contribution in [2.24, 2.45) is 0 Å². The number of para-hydroxylation sites is 4. The molecule has 0 spiro atoms. The van der Waals surface area contributed by atoms with Crippen LogP contribution < -0.4 is 0 Å².